The summed E-state index contributed by atoms with van der Waals surface area (Å²) < 4.78 is 50.3. The number of primary sulfonamides is 1. The highest BCUT2D eigenvalue weighted by molar-refractivity contribution is 7.89. The lowest BCUT2D eigenvalue weighted by Gasteiger charge is -2.40. The second kappa shape index (κ2) is 7.49. The molecule has 11 heteroatoms. The van der Waals surface area contributed by atoms with Crippen molar-refractivity contribution in [3.8, 4) is 0 Å². The Bertz CT molecular complexity index is 1220. The maximum absolute atomic E-state index is 14.1. The number of rotatable bonds is 5. The van der Waals surface area contributed by atoms with Gasteiger partial charge in [0.15, 0.2) is 0 Å². The summed E-state index contributed by atoms with van der Waals surface area (Å²) in [5.41, 5.74) is 0.0406. The van der Waals surface area contributed by atoms with Gasteiger partial charge in [-0.05, 0) is 48.7 Å². The monoisotopic (exact) mass is 450 g/mol. The molecule has 3 N–H and O–H groups in total. The van der Waals surface area contributed by atoms with Gasteiger partial charge in [0.25, 0.3) is 5.91 Å². The second-order valence-electron chi connectivity index (χ2n) is 7.00. The van der Waals surface area contributed by atoms with Crippen LogP contribution < -0.4 is 10.5 Å². The molecule has 0 unspecified atom stereocenters. The van der Waals surface area contributed by atoms with Crippen molar-refractivity contribution in [2.24, 2.45) is 5.14 Å². The number of nitrogens with two attached hydrogens (primary N) is 1. The minimum atomic E-state index is -4.09. The van der Waals surface area contributed by atoms with E-state index in [4.69, 9.17) is 5.14 Å². The van der Waals surface area contributed by atoms with Crippen LogP contribution in [0.5, 0.6) is 0 Å². The third-order valence-electron chi connectivity index (χ3n) is 5.17. The summed E-state index contributed by atoms with van der Waals surface area (Å²) in [6.07, 6.45) is 2.60. The third kappa shape index (κ3) is 3.71. The van der Waals surface area contributed by atoms with Gasteiger partial charge < -0.3 is 0 Å². The van der Waals surface area contributed by atoms with Gasteiger partial charge in [0.2, 0.25) is 15.2 Å². The zero-order valence-corrected chi connectivity index (χ0v) is 17.1. The molecular formula is C19H16F2N4O3S2. The molecule has 0 atom stereocenters. The number of carbonyl (C=O) groups is 1. The number of sulfonamides is 1. The van der Waals surface area contributed by atoms with Crippen LogP contribution in [0.25, 0.3) is 0 Å². The van der Waals surface area contributed by atoms with Crippen molar-refractivity contribution in [1.82, 2.24) is 10.2 Å². The average molecular weight is 450 g/mol. The summed E-state index contributed by atoms with van der Waals surface area (Å²) in [4.78, 5) is 12.1. The lowest BCUT2D eigenvalue weighted by atomic mass is 9.65. The van der Waals surface area contributed by atoms with Gasteiger partial charge in [0, 0.05) is 5.41 Å². The number of nitrogens with one attached hydrogen (secondary N) is 1. The molecule has 1 aliphatic rings. The SMILES string of the molecule is NS(=O)(=O)c1ccc(F)c(C(=O)Nc2nnc(C3(c4ccc(F)cc4)CCC3)s2)c1. The number of aromatic nitrogens is 2. The van der Waals surface area contributed by atoms with E-state index in [9.17, 15) is 22.0 Å². The first-order valence-electron chi connectivity index (χ1n) is 8.93. The number of carbonyl (C=O) groups excluding carboxylic acids is 1. The smallest absolute Gasteiger partial charge is 0.260 e. The van der Waals surface area contributed by atoms with Gasteiger partial charge in [0.05, 0.1) is 10.5 Å². The van der Waals surface area contributed by atoms with Crippen LogP contribution in [-0.2, 0) is 15.4 Å². The van der Waals surface area contributed by atoms with Gasteiger partial charge in [-0.3, -0.25) is 10.1 Å². The van der Waals surface area contributed by atoms with Gasteiger partial charge in [-0.15, -0.1) is 10.2 Å². The van der Waals surface area contributed by atoms with Crippen molar-refractivity contribution >= 4 is 32.4 Å². The topological polar surface area (TPSA) is 115 Å². The Hall–Kier alpha value is -2.76. The number of benzene rings is 2. The molecule has 1 amide bonds. The Kier molecular flexibility index (Phi) is 5.12. The summed E-state index contributed by atoms with van der Waals surface area (Å²) in [6.45, 7) is 0. The first kappa shape index (κ1) is 20.5. The number of hydrogen-bond donors (Lipinski definition) is 2. The largest absolute Gasteiger partial charge is 0.296 e. The first-order valence-corrected chi connectivity index (χ1v) is 11.3. The van der Waals surface area contributed by atoms with Crippen molar-refractivity contribution in [1.29, 1.82) is 0 Å². The van der Waals surface area contributed by atoms with Crippen LogP contribution in [0.2, 0.25) is 0 Å². The predicted molar refractivity (Wildman–Crippen MR) is 107 cm³/mol. The number of hydrogen-bond acceptors (Lipinski definition) is 6. The lowest BCUT2D eigenvalue weighted by molar-refractivity contribution is 0.102. The molecule has 1 fully saturated rings. The fourth-order valence-electron chi connectivity index (χ4n) is 3.41. The maximum Gasteiger partial charge on any atom is 0.260 e. The molecule has 0 saturated heterocycles. The van der Waals surface area contributed by atoms with Crippen molar-refractivity contribution in [2.75, 3.05) is 5.32 Å². The lowest BCUT2D eigenvalue weighted by Crippen LogP contribution is -2.35. The molecule has 0 spiro atoms. The van der Waals surface area contributed by atoms with E-state index in [-0.39, 0.29) is 15.8 Å². The Morgan fingerprint density at radius 3 is 2.40 bits per heavy atom. The Morgan fingerprint density at radius 1 is 1.10 bits per heavy atom. The fourth-order valence-corrected chi connectivity index (χ4v) is 4.96. The number of anilines is 1. The molecule has 4 rings (SSSR count). The summed E-state index contributed by atoms with van der Waals surface area (Å²) >= 11 is 1.14. The second-order valence-corrected chi connectivity index (χ2v) is 9.53. The van der Waals surface area contributed by atoms with Gasteiger partial charge in [-0.1, -0.05) is 29.9 Å². The molecule has 1 aliphatic carbocycles. The van der Waals surface area contributed by atoms with E-state index in [1.54, 1.807) is 12.1 Å². The van der Waals surface area contributed by atoms with Crippen LogP contribution in [0.3, 0.4) is 0 Å². The molecular weight excluding hydrogens is 434 g/mol. The molecule has 2 aromatic carbocycles. The number of halogens is 2. The number of nitrogens with zero attached hydrogens (tertiary/aromatic N) is 2. The van der Waals surface area contributed by atoms with Crippen LogP contribution in [0, 0.1) is 11.6 Å². The van der Waals surface area contributed by atoms with Gasteiger partial charge in [-0.25, -0.2) is 22.3 Å². The van der Waals surface area contributed by atoms with Crippen LogP contribution in [0.4, 0.5) is 13.9 Å². The summed E-state index contributed by atoms with van der Waals surface area (Å²) in [5, 5.41) is 16.4. The minimum Gasteiger partial charge on any atom is -0.296 e. The molecule has 156 valence electrons. The third-order valence-corrected chi connectivity index (χ3v) is 7.12. The van der Waals surface area contributed by atoms with Crippen LogP contribution >= 0.6 is 11.3 Å². The molecule has 30 heavy (non-hydrogen) atoms. The van der Waals surface area contributed by atoms with Gasteiger partial charge in [-0.2, -0.15) is 0 Å². The highest BCUT2D eigenvalue weighted by Gasteiger charge is 2.43. The summed E-state index contributed by atoms with van der Waals surface area (Å²) in [7, 11) is -4.09. The normalized spacial score (nSPS) is 15.4. The van der Waals surface area contributed by atoms with E-state index < -0.39 is 32.7 Å². The van der Waals surface area contributed by atoms with E-state index in [1.807, 2.05) is 0 Å². The van der Waals surface area contributed by atoms with Crippen LogP contribution in [0.15, 0.2) is 47.4 Å². The number of amides is 1. The standard InChI is InChI=1S/C19H16F2N4O3S2/c20-12-4-2-11(3-5-12)19(8-1-9-19)17-24-25-18(29-17)23-16(26)14-10-13(30(22,27)28)6-7-15(14)21/h2-7,10H,1,8-9H2,(H2,22,27,28)(H,23,25,26). The Labute approximate surface area is 175 Å². The van der Waals surface area contributed by atoms with E-state index in [1.165, 1.54) is 12.1 Å². The molecule has 7 nitrogen and oxygen atoms in total. The summed E-state index contributed by atoms with van der Waals surface area (Å²) in [6, 6.07) is 8.91. The highest BCUT2D eigenvalue weighted by atomic mass is 32.2. The fraction of sp³-hybridized carbons (Fsp3) is 0.211. The van der Waals surface area contributed by atoms with Gasteiger partial charge >= 0.3 is 0 Å². The van der Waals surface area contributed by atoms with E-state index >= 15 is 0 Å². The molecule has 1 aromatic heterocycles. The van der Waals surface area contributed by atoms with E-state index in [0.717, 1.165) is 54.4 Å². The Balaban J connectivity index is 1.59. The predicted octanol–water partition coefficient (Wildman–Crippen LogP) is 3.19. The van der Waals surface area contributed by atoms with E-state index in [2.05, 4.69) is 15.5 Å². The zero-order valence-electron chi connectivity index (χ0n) is 15.4. The zero-order chi connectivity index (χ0) is 21.5. The van der Waals surface area contributed by atoms with Crippen molar-refractivity contribution in [2.45, 2.75) is 29.6 Å². The maximum atomic E-state index is 14.1. The van der Waals surface area contributed by atoms with E-state index in [0.29, 0.717) is 5.01 Å². The first-order chi connectivity index (χ1) is 14.2. The summed E-state index contributed by atoms with van der Waals surface area (Å²) in [5.74, 6) is -2.10. The highest BCUT2D eigenvalue weighted by Crippen LogP contribution is 2.50. The van der Waals surface area contributed by atoms with Crippen molar-refractivity contribution in [3.63, 3.8) is 0 Å². The minimum absolute atomic E-state index is 0.142. The van der Waals surface area contributed by atoms with Crippen LogP contribution in [-0.4, -0.2) is 24.5 Å². The molecule has 3 aromatic rings. The average Bonchev–Trinajstić information content (AvgIpc) is 3.10. The molecule has 0 bridgehead atoms. The molecule has 1 heterocycles. The molecule has 0 aliphatic heterocycles. The molecule has 0 radical (unpaired) electrons. The quantitative estimate of drug-likeness (QED) is 0.620. The van der Waals surface area contributed by atoms with Crippen molar-refractivity contribution in [3.05, 3.63) is 70.2 Å². The van der Waals surface area contributed by atoms with Crippen LogP contribution in [0.1, 0.15) is 40.2 Å². The van der Waals surface area contributed by atoms with Gasteiger partial charge in [0.1, 0.15) is 16.6 Å². The Morgan fingerprint density at radius 2 is 1.80 bits per heavy atom. The molecule has 1 saturated carbocycles. The van der Waals surface area contributed by atoms with Crippen molar-refractivity contribution < 1.29 is 22.0 Å².